The zero-order chi connectivity index (χ0) is 26.6. The molecule has 188 valence electrons. The molecule has 3 N–H and O–H groups in total. The van der Waals surface area contributed by atoms with Crippen molar-refractivity contribution >= 4 is 46.2 Å². The van der Waals surface area contributed by atoms with Crippen LogP contribution in [-0.2, 0) is 11.2 Å². The number of aromatic amines is 2. The lowest BCUT2D eigenvalue weighted by molar-refractivity contribution is -0.119. The summed E-state index contributed by atoms with van der Waals surface area (Å²) in [5.74, 6) is -0.353. The number of fused-ring (bicyclic) bond motifs is 2. The molecule has 0 aliphatic carbocycles. The van der Waals surface area contributed by atoms with Gasteiger partial charge in [0.1, 0.15) is 5.65 Å². The van der Waals surface area contributed by atoms with Gasteiger partial charge in [0.15, 0.2) is 0 Å². The van der Waals surface area contributed by atoms with Gasteiger partial charge in [-0.25, -0.2) is 4.98 Å². The Labute approximate surface area is 222 Å². The summed E-state index contributed by atoms with van der Waals surface area (Å²) in [5.41, 5.74) is 4.83. The zero-order valence-corrected chi connectivity index (χ0v) is 21.2. The number of carbonyl (C=O) groups is 1. The van der Waals surface area contributed by atoms with Crippen LogP contribution in [0.5, 0.6) is 0 Å². The highest BCUT2D eigenvalue weighted by Crippen LogP contribution is 2.36. The number of benzene rings is 2. The molecule has 0 spiro atoms. The van der Waals surface area contributed by atoms with Crippen LogP contribution < -0.4 is 10.9 Å². The van der Waals surface area contributed by atoms with Gasteiger partial charge in [-0.05, 0) is 49.5 Å². The van der Waals surface area contributed by atoms with E-state index in [0.29, 0.717) is 33.0 Å². The molecule has 5 aromatic rings. The Balaban J connectivity index is 1.62. The van der Waals surface area contributed by atoms with Crippen LogP contribution in [0.3, 0.4) is 0 Å². The second kappa shape index (κ2) is 10.7. The fraction of sp³-hybridized carbons (Fsp3) is 0.0690. The van der Waals surface area contributed by atoms with E-state index in [-0.39, 0.29) is 17.9 Å². The van der Waals surface area contributed by atoms with Gasteiger partial charge >= 0.3 is 0 Å². The number of nitrogens with zero attached hydrogens (tertiary/aromatic N) is 3. The number of rotatable bonds is 7. The minimum atomic E-state index is -0.381. The monoisotopic (exact) mass is 522 g/mol. The molecule has 3 aromatic heterocycles. The molecule has 0 bridgehead atoms. The minimum Gasteiger partial charge on any atom is -0.324 e. The van der Waals surface area contributed by atoms with Gasteiger partial charge in [-0.15, -0.1) is 0 Å². The summed E-state index contributed by atoms with van der Waals surface area (Å²) in [7, 11) is 0. The van der Waals surface area contributed by atoms with Crippen LogP contribution in [0.1, 0.15) is 12.5 Å². The third-order valence-electron chi connectivity index (χ3n) is 5.98. The Kier molecular flexibility index (Phi) is 6.97. The van der Waals surface area contributed by atoms with E-state index in [9.17, 15) is 9.59 Å². The number of amides is 1. The van der Waals surface area contributed by atoms with Crippen molar-refractivity contribution in [1.82, 2.24) is 25.5 Å². The number of carbonyl (C=O) groups excluding carboxylic acids is 1. The largest absolute Gasteiger partial charge is 0.324 e. The molecule has 3 heterocycles. The number of H-pyrrole nitrogens is 2. The van der Waals surface area contributed by atoms with Crippen LogP contribution in [0, 0.1) is 0 Å². The average Bonchev–Trinajstić information content (AvgIpc) is 3.39. The molecule has 0 radical (unpaired) electrons. The molecule has 0 aliphatic rings. The van der Waals surface area contributed by atoms with Gasteiger partial charge in [0.05, 0.1) is 34.5 Å². The lowest BCUT2D eigenvalue weighted by atomic mass is 9.97. The molecule has 0 unspecified atom stereocenters. The van der Waals surface area contributed by atoms with E-state index < -0.39 is 0 Å². The number of allylic oxidation sites excluding steroid dienone is 2. The smallest absolute Gasteiger partial charge is 0.253 e. The maximum atomic E-state index is 12.9. The molecule has 0 atom stereocenters. The zero-order valence-electron chi connectivity index (χ0n) is 20.5. The standard InChI is InChI=1S/C29H23ClN6O2/c1-3-7-22(16-31-2)33-25(37)14-20-11-19-12-23(18-10-21-15-32-36-27(21)24(30)13-18)26(17-8-5-4-6-9-17)34-28(19)35-29(20)38/h3-13,15-16H,2,14H2,1H3,(H,32,36)(H,33,37)(H,34,35,38)/b7-3-,22-16+. The van der Waals surface area contributed by atoms with Gasteiger partial charge in [0, 0.05) is 33.7 Å². The molecule has 1 amide bonds. The summed E-state index contributed by atoms with van der Waals surface area (Å²) in [6.45, 7) is 5.24. The van der Waals surface area contributed by atoms with E-state index in [2.05, 4.69) is 32.2 Å². The Morgan fingerprint density at radius 2 is 1.95 bits per heavy atom. The van der Waals surface area contributed by atoms with Crippen molar-refractivity contribution in [1.29, 1.82) is 0 Å². The summed E-state index contributed by atoms with van der Waals surface area (Å²) in [5, 5.41) is 11.8. The van der Waals surface area contributed by atoms with Crippen LogP contribution in [-0.4, -0.2) is 32.8 Å². The molecule has 5 rings (SSSR count). The van der Waals surface area contributed by atoms with Crippen LogP contribution in [0.25, 0.3) is 44.3 Å². The number of nitrogens with one attached hydrogen (secondary N) is 3. The molecule has 8 nitrogen and oxygen atoms in total. The molecular formula is C29H23ClN6O2. The van der Waals surface area contributed by atoms with Crippen molar-refractivity contribution in [3.8, 4) is 22.4 Å². The average molecular weight is 523 g/mol. The van der Waals surface area contributed by atoms with Crippen LogP contribution in [0.15, 0.2) is 94.6 Å². The van der Waals surface area contributed by atoms with Gasteiger partial charge < -0.3 is 10.3 Å². The van der Waals surface area contributed by atoms with Crippen molar-refractivity contribution < 1.29 is 4.79 Å². The molecule has 9 heteroatoms. The van der Waals surface area contributed by atoms with Crippen molar-refractivity contribution in [3.05, 3.63) is 106 Å². The number of aromatic nitrogens is 4. The van der Waals surface area contributed by atoms with Gasteiger partial charge in [0.25, 0.3) is 5.56 Å². The Morgan fingerprint density at radius 3 is 2.71 bits per heavy atom. The van der Waals surface area contributed by atoms with Gasteiger partial charge in [-0.1, -0.05) is 48.0 Å². The first-order valence-corrected chi connectivity index (χ1v) is 12.2. The fourth-order valence-corrected chi connectivity index (χ4v) is 4.56. The summed E-state index contributed by atoms with van der Waals surface area (Å²) in [6, 6.07) is 17.2. The summed E-state index contributed by atoms with van der Waals surface area (Å²) in [4.78, 5) is 37.0. The van der Waals surface area contributed by atoms with Crippen LogP contribution in [0.4, 0.5) is 0 Å². The fourth-order valence-electron chi connectivity index (χ4n) is 4.29. The van der Waals surface area contributed by atoms with E-state index in [1.54, 1.807) is 24.4 Å². The van der Waals surface area contributed by atoms with E-state index in [1.807, 2.05) is 55.5 Å². The van der Waals surface area contributed by atoms with Crippen molar-refractivity contribution in [2.24, 2.45) is 4.99 Å². The molecule has 0 saturated heterocycles. The second-order valence-corrected chi connectivity index (χ2v) is 9.00. The van der Waals surface area contributed by atoms with Gasteiger partial charge in [-0.2, -0.15) is 5.10 Å². The number of hydrogen-bond acceptors (Lipinski definition) is 5. The van der Waals surface area contributed by atoms with Crippen LogP contribution >= 0.6 is 11.6 Å². The van der Waals surface area contributed by atoms with E-state index >= 15 is 0 Å². The topological polar surface area (TPSA) is 116 Å². The molecule has 0 fully saturated rings. The highest BCUT2D eigenvalue weighted by atomic mass is 35.5. The van der Waals surface area contributed by atoms with Crippen molar-refractivity contribution in [3.63, 3.8) is 0 Å². The highest BCUT2D eigenvalue weighted by Gasteiger charge is 2.16. The third kappa shape index (κ3) is 5.02. The van der Waals surface area contributed by atoms with E-state index in [0.717, 1.165) is 27.6 Å². The van der Waals surface area contributed by atoms with E-state index in [4.69, 9.17) is 16.6 Å². The lowest BCUT2D eigenvalue weighted by Gasteiger charge is -2.13. The highest BCUT2D eigenvalue weighted by molar-refractivity contribution is 6.35. The minimum absolute atomic E-state index is 0.125. The Bertz CT molecular complexity index is 1800. The predicted molar refractivity (Wildman–Crippen MR) is 152 cm³/mol. The molecule has 2 aromatic carbocycles. The SMILES string of the molecule is C=N/C=C(\C=C/C)NC(=O)Cc1cc2cc(-c3cc(Cl)c4[nH]ncc4c3)c(-c3ccccc3)nc2[nH]c1=O. The quantitative estimate of drug-likeness (QED) is 0.191. The molecule has 38 heavy (non-hydrogen) atoms. The van der Waals surface area contributed by atoms with E-state index in [1.165, 1.54) is 6.20 Å². The predicted octanol–water partition coefficient (Wildman–Crippen LogP) is 5.56. The first-order valence-electron chi connectivity index (χ1n) is 11.8. The van der Waals surface area contributed by atoms with Crippen molar-refractivity contribution in [2.45, 2.75) is 13.3 Å². The summed E-state index contributed by atoms with van der Waals surface area (Å²) in [6.07, 6.45) is 6.49. The van der Waals surface area contributed by atoms with Gasteiger partial charge in [-0.3, -0.25) is 19.7 Å². The molecular weight excluding hydrogens is 500 g/mol. The first kappa shape index (κ1) is 24.9. The van der Waals surface area contributed by atoms with Crippen molar-refractivity contribution in [2.75, 3.05) is 0 Å². The Morgan fingerprint density at radius 1 is 1.13 bits per heavy atom. The number of halogens is 1. The Hall–Kier alpha value is -4.82. The first-order chi connectivity index (χ1) is 18.5. The number of pyridine rings is 2. The lowest BCUT2D eigenvalue weighted by Crippen LogP contribution is -2.27. The number of aliphatic imine (C=N–C) groups is 1. The summed E-state index contributed by atoms with van der Waals surface area (Å²) < 4.78 is 0. The van der Waals surface area contributed by atoms with Gasteiger partial charge in [0.2, 0.25) is 5.91 Å². The second-order valence-electron chi connectivity index (χ2n) is 8.60. The number of hydrogen-bond donors (Lipinski definition) is 3. The maximum Gasteiger partial charge on any atom is 0.253 e. The molecule has 0 aliphatic heterocycles. The third-order valence-corrected chi connectivity index (χ3v) is 6.27. The summed E-state index contributed by atoms with van der Waals surface area (Å²) >= 11 is 6.56. The molecule has 0 saturated carbocycles. The normalized spacial score (nSPS) is 11.9. The van der Waals surface area contributed by atoms with Crippen LogP contribution in [0.2, 0.25) is 5.02 Å². The maximum absolute atomic E-state index is 12.9.